The number of halogens is 1. The highest BCUT2D eigenvalue weighted by Crippen LogP contribution is 2.37. The Morgan fingerprint density at radius 1 is 1.27 bits per heavy atom. The van der Waals surface area contributed by atoms with Crippen molar-refractivity contribution in [3.05, 3.63) is 59.9 Å². The van der Waals surface area contributed by atoms with Crippen molar-refractivity contribution in [2.75, 3.05) is 11.1 Å². The topological polar surface area (TPSA) is 104 Å². The van der Waals surface area contributed by atoms with E-state index in [0.29, 0.717) is 17.3 Å². The average molecular weight is 429 g/mol. The molecule has 7 nitrogen and oxygen atoms in total. The van der Waals surface area contributed by atoms with Gasteiger partial charge >= 0.3 is 0 Å². The highest BCUT2D eigenvalue weighted by atomic mass is 32.2. The summed E-state index contributed by atoms with van der Waals surface area (Å²) in [6, 6.07) is 10.4. The molecule has 1 aliphatic rings. The molecule has 158 valence electrons. The molecule has 2 aromatic heterocycles. The van der Waals surface area contributed by atoms with Crippen LogP contribution in [0.4, 0.5) is 21.6 Å². The maximum absolute atomic E-state index is 14.7. The molecule has 3 atom stereocenters. The Kier molecular flexibility index (Phi) is 5.44. The first-order chi connectivity index (χ1) is 14.2. The van der Waals surface area contributed by atoms with Gasteiger partial charge in [-0.1, -0.05) is 6.07 Å². The second-order valence-electron chi connectivity index (χ2n) is 8.29. The van der Waals surface area contributed by atoms with Gasteiger partial charge in [0.1, 0.15) is 17.0 Å². The van der Waals surface area contributed by atoms with Crippen LogP contribution in [0.3, 0.4) is 0 Å². The van der Waals surface area contributed by atoms with E-state index in [1.165, 1.54) is 0 Å². The lowest BCUT2D eigenvalue weighted by atomic mass is 10.1. The van der Waals surface area contributed by atoms with Gasteiger partial charge in [0.15, 0.2) is 11.6 Å². The molecule has 0 fully saturated rings. The lowest BCUT2D eigenvalue weighted by molar-refractivity contribution is 0.289. The number of nitrogens with two attached hydrogens (primary N) is 1. The van der Waals surface area contributed by atoms with Crippen LogP contribution in [0.5, 0.6) is 0 Å². The fraction of sp³-hybridized carbons (Fsp3) is 0.333. The number of fused-ring (bicyclic) bond motifs is 1. The van der Waals surface area contributed by atoms with Crippen molar-refractivity contribution in [1.82, 2.24) is 19.5 Å². The van der Waals surface area contributed by atoms with Gasteiger partial charge in [0, 0.05) is 35.9 Å². The molecule has 1 aliphatic carbocycles. The number of rotatable bonds is 5. The monoisotopic (exact) mass is 428 g/mol. The molecule has 3 aromatic rings. The lowest BCUT2D eigenvalue weighted by Gasteiger charge is -2.27. The minimum absolute atomic E-state index is 0.264. The maximum Gasteiger partial charge on any atom is 0.156 e. The quantitative estimate of drug-likeness (QED) is 0.537. The van der Waals surface area contributed by atoms with Gasteiger partial charge in [-0.15, -0.1) is 4.72 Å². The summed E-state index contributed by atoms with van der Waals surface area (Å²) in [7, 11) is 0. The number of pyridine rings is 1. The van der Waals surface area contributed by atoms with Crippen LogP contribution < -0.4 is 15.8 Å². The smallest absolute Gasteiger partial charge is 0.156 e. The van der Waals surface area contributed by atoms with Crippen molar-refractivity contribution in [2.45, 2.75) is 44.2 Å². The number of anilines is 3. The zero-order valence-electron chi connectivity index (χ0n) is 17.1. The van der Waals surface area contributed by atoms with Crippen LogP contribution in [0.25, 0.3) is 5.82 Å². The Morgan fingerprint density at radius 3 is 2.77 bits per heavy atom. The second kappa shape index (κ2) is 7.90. The van der Waals surface area contributed by atoms with Crippen molar-refractivity contribution in [3.63, 3.8) is 0 Å². The highest BCUT2D eigenvalue weighted by Gasteiger charge is 2.38. The predicted octanol–water partition coefficient (Wildman–Crippen LogP) is 3.58. The van der Waals surface area contributed by atoms with E-state index < -0.39 is 28.3 Å². The zero-order valence-corrected chi connectivity index (χ0v) is 17.9. The first-order valence-electron chi connectivity index (χ1n) is 9.71. The van der Waals surface area contributed by atoms with Crippen LogP contribution in [-0.4, -0.2) is 30.2 Å². The summed E-state index contributed by atoms with van der Waals surface area (Å²) in [5.74, 6) is 1.14. The summed E-state index contributed by atoms with van der Waals surface area (Å²) in [6.45, 7) is 5.59. The van der Waals surface area contributed by atoms with Gasteiger partial charge in [0.05, 0.1) is 5.69 Å². The molecule has 0 radical (unpaired) electrons. The standard InChI is InChI=1S/C21H25FN6OS/c1-21(2,3)30(29)27-19-15-6-5-14(11-13(15)12-16(19)22)25-20-17(23)7-8-18(26-20)28-10-4-9-24-28/h4-11,16,19,27H,12,23H2,1-3H3,(H,25,26)/t16?,19-,30+/m1/s1. The van der Waals surface area contributed by atoms with Crippen molar-refractivity contribution < 1.29 is 8.94 Å². The van der Waals surface area contributed by atoms with E-state index in [1.54, 1.807) is 29.2 Å². The highest BCUT2D eigenvalue weighted by molar-refractivity contribution is 7.90. The summed E-state index contributed by atoms with van der Waals surface area (Å²) in [6.07, 6.45) is 2.61. The number of nitrogens with zero attached hydrogens (tertiary/aromatic N) is 3. The Labute approximate surface area is 178 Å². The molecule has 0 aliphatic heterocycles. The average Bonchev–Trinajstić information content (AvgIpc) is 3.31. The van der Waals surface area contributed by atoms with Gasteiger partial charge in [-0.3, -0.25) is 0 Å². The van der Waals surface area contributed by atoms with E-state index in [4.69, 9.17) is 5.73 Å². The zero-order chi connectivity index (χ0) is 21.5. The van der Waals surface area contributed by atoms with Crippen molar-refractivity contribution in [3.8, 4) is 5.82 Å². The largest absolute Gasteiger partial charge is 0.598 e. The van der Waals surface area contributed by atoms with Crippen LogP contribution in [0.2, 0.25) is 0 Å². The molecule has 2 heterocycles. The SMILES string of the molecule is CC(C)(C)[S@+]([O-])N[C@@H]1c2ccc(Nc3nc(-n4cccn4)ccc3N)cc2CC1F. The molecular weight excluding hydrogens is 403 g/mol. The Hall–Kier alpha value is -2.62. The minimum Gasteiger partial charge on any atom is -0.598 e. The van der Waals surface area contributed by atoms with E-state index in [9.17, 15) is 8.94 Å². The number of benzene rings is 1. The molecule has 0 saturated carbocycles. The number of alkyl halides is 1. The molecule has 0 saturated heterocycles. The van der Waals surface area contributed by atoms with Gasteiger partial charge in [-0.2, -0.15) is 5.10 Å². The molecule has 1 aromatic carbocycles. The van der Waals surface area contributed by atoms with Crippen molar-refractivity contribution in [2.24, 2.45) is 0 Å². The van der Waals surface area contributed by atoms with Crippen molar-refractivity contribution in [1.29, 1.82) is 0 Å². The fourth-order valence-electron chi connectivity index (χ4n) is 3.34. The molecule has 30 heavy (non-hydrogen) atoms. The van der Waals surface area contributed by atoms with E-state index in [2.05, 4.69) is 20.1 Å². The number of hydrogen-bond donors (Lipinski definition) is 3. The molecule has 1 unspecified atom stereocenters. The first-order valence-corrected chi connectivity index (χ1v) is 10.9. The van der Waals surface area contributed by atoms with Gasteiger partial charge in [-0.25, -0.2) is 14.1 Å². The number of nitrogens with one attached hydrogen (secondary N) is 2. The lowest BCUT2D eigenvalue weighted by Crippen LogP contribution is -2.42. The van der Waals surface area contributed by atoms with E-state index in [0.717, 1.165) is 16.8 Å². The number of hydrogen-bond acceptors (Lipinski definition) is 6. The molecule has 9 heteroatoms. The summed E-state index contributed by atoms with van der Waals surface area (Å²) in [5, 5.41) is 7.40. The first kappa shape index (κ1) is 20.6. The third kappa shape index (κ3) is 4.14. The number of nitrogen functional groups attached to an aromatic ring is 1. The van der Waals surface area contributed by atoms with E-state index >= 15 is 0 Å². The molecule has 4 rings (SSSR count). The second-order valence-corrected chi connectivity index (χ2v) is 10.3. The summed E-state index contributed by atoms with van der Waals surface area (Å²) in [5.41, 5.74) is 9.04. The van der Waals surface area contributed by atoms with Crippen LogP contribution in [-0.2, 0) is 17.8 Å². The minimum atomic E-state index is -1.35. The van der Waals surface area contributed by atoms with Crippen LogP contribution in [0, 0.1) is 0 Å². The predicted molar refractivity (Wildman–Crippen MR) is 118 cm³/mol. The van der Waals surface area contributed by atoms with Crippen molar-refractivity contribution >= 4 is 28.6 Å². The molecule has 0 spiro atoms. The third-order valence-corrected chi connectivity index (χ3v) is 6.54. The Bertz CT molecular complexity index is 1040. The number of aromatic nitrogens is 3. The summed E-state index contributed by atoms with van der Waals surface area (Å²) >= 11 is -1.35. The van der Waals surface area contributed by atoms with E-state index in [-0.39, 0.29) is 6.42 Å². The maximum atomic E-state index is 14.7. The van der Waals surface area contributed by atoms with Crippen LogP contribution in [0.1, 0.15) is 37.9 Å². The summed E-state index contributed by atoms with van der Waals surface area (Å²) < 4.78 is 31.3. The van der Waals surface area contributed by atoms with Gasteiger partial charge in [0.25, 0.3) is 0 Å². The molecular formula is C21H25FN6OS. The normalized spacial score (nSPS) is 19.5. The summed E-state index contributed by atoms with van der Waals surface area (Å²) in [4.78, 5) is 4.54. The fourth-order valence-corrected chi connectivity index (χ4v) is 4.20. The Balaban J connectivity index is 1.56. The molecule has 0 bridgehead atoms. The van der Waals surface area contributed by atoms with Crippen LogP contribution >= 0.6 is 0 Å². The van der Waals surface area contributed by atoms with Gasteiger partial charge in [-0.05, 0) is 62.2 Å². The third-order valence-electron chi connectivity index (χ3n) is 4.96. The van der Waals surface area contributed by atoms with E-state index in [1.807, 2.05) is 45.0 Å². The van der Waals surface area contributed by atoms with Gasteiger partial charge < -0.3 is 15.6 Å². The molecule has 0 amide bonds. The van der Waals surface area contributed by atoms with Crippen LogP contribution in [0.15, 0.2) is 48.8 Å². The molecule has 4 N–H and O–H groups in total. The Morgan fingerprint density at radius 2 is 2.07 bits per heavy atom. The van der Waals surface area contributed by atoms with Gasteiger partial charge in [0.2, 0.25) is 0 Å².